The fourth-order valence-corrected chi connectivity index (χ4v) is 3.01. The quantitative estimate of drug-likeness (QED) is 0.644. The van der Waals surface area contributed by atoms with Gasteiger partial charge in [-0.15, -0.1) is 0 Å². The van der Waals surface area contributed by atoms with Crippen LogP contribution in [0.5, 0.6) is 0 Å². The van der Waals surface area contributed by atoms with Gasteiger partial charge in [-0.05, 0) is 67.5 Å². The lowest BCUT2D eigenvalue weighted by molar-refractivity contribution is 0.0600. The van der Waals surface area contributed by atoms with Crippen molar-refractivity contribution in [2.45, 2.75) is 66.3 Å². The highest BCUT2D eigenvalue weighted by Crippen LogP contribution is 2.21. The summed E-state index contributed by atoms with van der Waals surface area (Å²) in [6.45, 7) is 14.4. The molecule has 0 unspecified atom stereocenters. The van der Waals surface area contributed by atoms with Crippen LogP contribution >= 0.6 is 0 Å². The molecule has 0 spiro atoms. The number of carbonyl (C=O) groups excluding carboxylic acids is 2. The molecule has 0 radical (unpaired) electrons. The Balaban J connectivity index is 0.000000296. The summed E-state index contributed by atoms with van der Waals surface area (Å²) >= 11 is 0. The van der Waals surface area contributed by atoms with Gasteiger partial charge in [-0.1, -0.05) is 52.0 Å². The molecule has 0 heterocycles. The molecular weight excluding hydrogens is 362 g/mol. The summed E-state index contributed by atoms with van der Waals surface area (Å²) in [5.41, 5.74) is 4.91. The first-order valence-electron chi connectivity index (χ1n) is 10.2. The van der Waals surface area contributed by atoms with E-state index in [0.29, 0.717) is 17.4 Å². The Bertz CT molecular complexity index is 823. The van der Waals surface area contributed by atoms with Crippen LogP contribution < -0.4 is 5.32 Å². The molecule has 4 nitrogen and oxygen atoms in total. The molecule has 0 saturated heterocycles. The Labute approximate surface area is 175 Å². The number of esters is 1. The summed E-state index contributed by atoms with van der Waals surface area (Å²) in [6, 6.07) is 13.6. The van der Waals surface area contributed by atoms with Crippen LogP contribution in [0.25, 0.3) is 0 Å². The molecule has 0 aromatic heterocycles. The average Bonchev–Trinajstić information content (AvgIpc) is 2.67. The fraction of sp³-hybridized carbons (Fsp3) is 0.440. The molecule has 0 aliphatic rings. The van der Waals surface area contributed by atoms with Crippen molar-refractivity contribution in [2.24, 2.45) is 0 Å². The predicted octanol–water partition coefficient (Wildman–Crippen LogP) is 5.85. The Morgan fingerprint density at radius 2 is 1.52 bits per heavy atom. The molecule has 0 aliphatic heterocycles. The maximum Gasteiger partial charge on any atom is 0.337 e. The Hall–Kier alpha value is -2.62. The van der Waals surface area contributed by atoms with E-state index < -0.39 is 0 Å². The van der Waals surface area contributed by atoms with E-state index in [-0.39, 0.29) is 17.9 Å². The lowest BCUT2D eigenvalue weighted by atomic mass is 9.94. The lowest BCUT2D eigenvalue weighted by Gasteiger charge is -2.15. The monoisotopic (exact) mass is 397 g/mol. The lowest BCUT2D eigenvalue weighted by Crippen LogP contribution is -2.30. The molecule has 4 heteroatoms. The number of amides is 1. The summed E-state index contributed by atoms with van der Waals surface area (Å²) < 4.78 is 4.63. The first-order chi connectivity index (χ1) is 13.6. The van der Waals surface area contributed by atoms with Gasteiger partial charge in [0.05, 0.1) is 12.7 Å². The molecule has 0 saturated carbocycles. The topological polar surface area (TPSA) is 55.4 Å². The highest BCUT2D eigenvalue weighted by atomic mass is 16.5. The second kappa shape index (κ2) is 11.4. The second-order valence-corrected chi connectivity index (χ2v) is 8.07. The zero-order chi connectivity index (χ0) is 22.1. The number of hydrogen-bond acceptors (Lipinski definition) is 3. The third-order valence-electron chi connectivity index (χ3n) is 4.64. The third kappa shape index (κ3) is 7.37. The molecule has 0 bridgehead atoms. The smallest absolute Gasteiger partial charge is 0.337 e. The Kier molecular flexibility index (Phi) is 9.60. The summed E-state index contributed by atoms with van der Waals surface area (Å²) in [7, 11) is 1.39. The van der Waals surface area contributed by atoms with Gasteiger partial charge in [-0.3, -0.25) is 4.79 Å². The Morgan fingerprint density at radius 1 is 0.897 bits per heavy atom. The molecular formula is C25H35NO3. The van der Waals surface area contributed by atoms with E-state index in [1.165, 1.54) is 12.7 Å². The Morgan fingerprint density at radius 3 is 2.03 bits per heavy atom. The van der Waals surface area contributed by atoms with Crippen LogP contribution in [0.4, 0.5) is 0 Å². The largest absolute Gasteiger partial charge is 0.465 e. The van der Waals surface area contributed by atoms with Gasteiger partial charge in [-0.25, -0.2) is 4.79 Å². The van der Waals surface area contributed by atoms with Crippen molar-refractivity contribution >= 4 is 11.9 Å². The molecule has 1 N–H and O–H groups in total. The minimum Gasteiger partial charge on any atom is -0.465 e. The number of hydrogen-bond donors (Lipinski definition) is 1. The molecule has 2 aromatic carbocycles. The van der Waals surface area contributed by atoms with Crippen molar-refractivity contribution in [3.8, 4) is 0 Å². The van der Waals surface area contributed by atoms with Gasteiger partial charge in [0.15, 0.2) is 0 Å². The van der Waals surface area contributed by atoms with Crippen LogP contribution in [0.2, 0.25) is 0 Å². The van der Waals surface area contributed by atoms with E-state index >= 15 is 0 Å². The van der Waals surface area contributed by atoms with Gasteiger partial charge in [0.25, 0.3) is 5.91 Å². The van der Waals surface area contributed by atoms with Crippen molar-refractivity contribution < 1.29 is 14.3 Å². The molecule has 0 fully saturated rings. The normalized spacial score (nSPS) is 10.6. The number of ether oxygens (including phenoxy) is 1. The molecule has 29 heavy (non-hydrogen) atoms. The number of methoxy groups -OCH3 is 1. The number of carbonyl (C=O) groups is 2. The van der Waals surface area contributed by atoms with Gasteiger partial charge in [0.1, 0.15) is 0 Å². The van der Waals surface area contributed by atoms with E-state index in [4.69, 9.17) is 0 Å². The van der Waals surface area contributed by atoms with E-state index in [9.17, 15) is 9.59 Å². The molecule has 0 atom stereocenters. The fourth-order valence-electron chi connectivity index (χ4n) is 3.01. The molecule has 1 amide bonds. The molecule has 2 aromatic rings. The van der Waals surface area contributed by atoms with Gasteiger partial charge < -0.3 is 10.1 Å². The van der Waals surface area contributed by atoms with Gasteiger partial charge >= 0.3 is 5.97 Å². The van der Waals surface area contributed by atoms with Crippen LogP contribution in [0.3, 0.4) is 0 Å². The van der Waals surface area contributed by atoms with Gasteiger partial charge in [0, 0.05) is 11.6 Å². The molecule has 2 rings (SSSR count). The third-order valence-corrected chi connectivity index (χ3v) is 4.64. The highest BCUT2D eigenvalue weighted by Gasteiger charge is 2.13. The summed E-state index contributed by atoms with van der Waals surface area (Å²) in [5.74, 6) is 0.633. The maximum absolute atomic E-state index is 11.9. The average molecular weight is 398 g/mol. The SMILES string of the molecule is COC(=O)c1cccc(C(C)C)c1.Cc1c(C(=O)NC(C)C)cccc1C(C)C. The van der Waals surface area contributed by atoms with Crippen molar-refractivity contribution in [3.05, 3.63) is 70.3 Å². The van der Waals surface area contributed by atoms with Gasteiger partial charge in [-0.2, -0.15) is 0 Å². The van der Waals surface area contributed by atoms with E-state index in [2.05, 4.69) is 43.8 Å². The van der Waals surface area contributed by atoms with Crippen LogP contribution in [-0.2, 0) is 4.74 Å². The molecule has 158 valence electrons. The second-order valence-electron chi connectivity index (χ2n) is 8.07. The van der Waals surface area contributed by atoms with E-state index in [1.807, 2.05) is 51.1 Å². The number of benzene rings is 2. The number of nitrogens with one attached hydrogen (secondary N) is 1. The summed E-state index contributed by atoms with van der Waals surface area (Å²) in [5, 5.41) is 2.93. The maximum atomic E-state index is 11.9. The summed E-state index contributed by atoms with van der Waals surface area (Å²) in [6.07, 6.45) is 0. The van der Waals surface area contributed by atoms with Crippen LogP contribution in [0.15, 0.2) is 42.5 Å². The first-order valence-corrected chi connectivity index (χ1v) is 10.2. The minimum atomic E-state index is -0.275. The van der Waals surface area contributed by atoms with Crippen molar-refractivity contribution in [2.75, 3.05) is 7.11 Å². The highest BCUT2D eigenvalue weighted by molar-refractivity contribution is 5.96. The number of rotatable bonds is 5. The minimum absolute atomic E-state index is 0.0231. The zero-order valence-corrected chi connectivity index (χ0v) is 19.0. The van der Waals surface area contributed by atoms with Crippen molar-refractivity contribution in [1.82, 2.24) is 5.32 Å². The summed E-state index contributed by atoms with van der Waals surface area (Å²) in [4.78, 5) is 23.1. The van der Waals surface area contributed by atoms with E-state index in [1.54, 1.807) is 6.07 Å². The standard InChI is InChI=1S/C14H21NO.C11H14O2/c1-9(2)12-7-6-8-13(11(12)5)14(16)15-10(3)4;1-8(2)9-5-4-6-10(7-9)11(12)13-3/h6-10H,1-5H3,(H,15,16);4-8H,1-3H3. The predicted molar refractivity (Wildman–Crippen MR) is 120 cm³/mol. The van der Waals surface area contributed by atoms with E-state index in [0.717, 1.165) is 16.7 Å². The molecule has 0 aliphatic carbocycles. The van der Waals surface area contributed by atoms with Crippen LogP contribution in [0, 0.1) is 6.92 Å². The van der Waals surface area contributed by atoms with Crippen molar-refractivity contribution in [3.63, 3.8) is 0 Å². The van der Waals surface area contributed by atoms with Gasteiger partial charge in [0.2, 0.25) is 0 Å². The first kappa shape index (κ1) is 24.4. The van der Waals surface area contributed by atoms with Crippen LogP contribution in [0.1, 0.15) is 90.8 Å². The van der Waals surface area contributed by atoms with Crippen LogP contribution in [-0.4, -0.2) is 25.0 Å². The zero-order valence-electron chi connectivity index (χ0n) is 19.0. The van der Waals surface area contributed by atoms with Crippen molar-refractivity contribution in [1.29, 1.82) is 0 Å².